The zero-order valence-corrected chi connectivity index (χ0v) is 13.1. The van der Waals surface area contributed by atoms with Crippen molar-refractivity contribution >= 4 is 15.9 Å². The Balaban J connectivity index is 2.27. The molecule has 21 heavy (non-hydrogen) atoms. The molecule has 0 aromatic heterocycles. The van der Waals surface area contributed by atoms with E-state index >= 15 is 0 Å². The lowest BCUT2D eigenvalue weighted by Gasteiger charge is -2.14. The highest BCUT2D eigenvalue weighted by molar-refractivity contribution is 9.10. The fourth-order valence-electron chi connectivity index (χ4n) is 2.06. The normalized spacial score (nSPS) is 10.2. The summed E-state index contributed by atoms with van der Waals surface area (Å²) in [6.45, 7) is 2.29. The van der Waals surface area contributed by atoms with E-state index in [1.807, 2.05) is 25.1 Å². The third-order valence-corrected chi connectivity index (χ3v) is 3.54. The topological polar surface area (TPSA) is 59.0 Å². The summed E-state index contributed by atoms with van der Waals surface area (Å²) in [5.74, 6) is 0.264. The summed E-state index contributed by atoms with van der Waals surface area (Å²) >= 11 is 3.41. The predicted molar refractivity (Wildman–Crippen MR) is 82.2 cm³/mol. The van der Waals surface area contributed by atoms with E-state index in [-0.39, 0.29) is 6.61 Å². The molecular weight excluding hydrogens is 335 g/mol. The summed E-state index contributed by atoms with van der Waals surface area (Å²) < 4.78 is 20.4. The van der Waals surface area contributed by atoms with Gasteiger partial charge >= 0.3 is 0 Å². The first-order chi connectivity index (χ1) is 10.0. The van der Waals surface area contributed by atoms with Gasteiger partial charge in [0.2, 0.25) is 0 Å². The van der Waals surface area contributed by atoms with Crippen LogP contribution in [0.5, 0.6) is 5.75 Å². The number of ether oxygens (including phenoxy) is 1. The van der Waals surface area contributed by atoms with Crippen molar-refractivity contribution in [2.45, 2.75) is 20.1 Å². The molecule has 0 saturated carbocycles. The Morgan fingerprint density at radius 2 is 2.05 bits per heavy atom. The van der Waals surface area contributed by atoms with Crippen molar-refractivity contribution in [3.63, 3.8) is 0 Å². The number of hydrogen-bond acceptors (Lipinski definition) is 3. The van der Waals surface area contributed by atoms with Crippen molar-refractivity contribution in [3.05, 3.63) is 62.9 Å². The Kier molecular flexibility index (Phi) is 4.94. The highest BCUT2D eigenvalue weighted by atomic mass is 79.9. The molecule has 2 rings (SSSR count). The van der Waals surface area contributed by atoms with Crippen molar-refractivity contribution in [1.82, 2.24) is 0 Å². The largest absolute Gasteiger partial charge is 0.488 e. The first-order valence-electron chi connectivity index (χ1n) is 6.35. The van der Waals surface area contributed by atoms with E-state index in [0.29, 0.717) is 23.4 Å². The fraction of sp³-hybridized carbons (Fsp3) is 0.188. The van der Waals surface area contributed by atoms with Gasteiger partial charge in [-0.2, -0.15) is 5.26 Å². The second kappa shape index (κ2) is 6.70. The minimum absolute atomic E-state index is 0.0524. The summed E-state index contributed by atoms with van der Waals surface area (Å²) in [6.07, 6.45) is 0. The monoisotopic (exact) mass is 348 g/mol. The third-order valence-electron chi connectivity index (χ3n) is 3.08. The van der Waals surface area contributed by atoms with E-state index in [1.54, 1.807) is 0 Å². The first-order valence-corrected chi connectivity index (χ1v) is 7.15. The molecule has 5 heteroatoms. The van der Waals surface area contributed by atoms with Gasteiger partial charge in [-0.3, -0.25) is 0 Å². The number of aryl methyl sites for hydroxylation is 1. The molecular formula is C16H14BrFN2O. The van der Waals surface area contributed by atoms with Crippen LogP contribution in [0.4, 0.5) is 4.39 Å². The van der Waals surface area contributed by atoms with Gasteiger partial charge in [0.15, 0.2) is 0 Å². The van der Waals surface area contributed by atoms with E-state index in [9.17, 15) is 4.39 Å². The molecule has 0 radical (unpaired) electrons. The van der Waals surface area contributed by atoms with Crippen LogP contribution in [-0.2, 0) is 13.2 Å². The fourth-order valence-corrected chi connectivity index (χ4v) is 2.68. The molecule has 0 fully saturated rings. The molecule has 0 heterocycles. The molecule has 0 saturated heterocycles. The minimum Gasteiger partial charge on any atom is -0.488 e. The van der Waals surface area contributed by atoms with Crippen LogP contribution in [0.25, 0.3) is 0 Å². The number of rotatable bonds is 4. The summed E-state index contributed by atoms with van der Waals surface area (Å²) in [5, 5.41) is 8.86. The lowest BCUT2D eigenvalue weighted by molar-refractivity contribution is 0.294. The number of nitrogens with two attached hydrogens (primary N) is 1. The number of nitrogens with zero attached hydrogens (tertiary/aromatic N) is 1. The number of nitriles is 1. The Bertz CT molecular complexity index is 710. The van der Waals surface area contributed by atoms with Gasteiger partial charge in [0, 0.05) is 22.1 Å². The quantitative estimate of drug-likeness (QED) is 0.913. The number of benzene rings is 2. The van der Waals surface area contributed by atoms with Crippen LogP contribution in [0.2, 0.25) is 0 Å². The zero-order chi connectivity index (χ0) is 15.4. The maximum Gasteiger partial charge on any atom is 0.129 e. The molecule has 0 unspecified atom stereocenters. The molecule has 0 atom stereocenters. The van der Waals surface area contributed by atoms with Gasteiger partial charge in [-0.25, -0.2) is 4.39 Å². The average molecular weight is 349 g/mol. The number of halogens is 2. The van der Waals surface area contributed by atoms with Crippen molar-refractivity contribution in [2.24, 2.45) is 5.73 Å². The molecule has 108 valence electrons. The van der Waals surface area contributed by atoms with E-state index < -0.39 is 5.82 Å². The van der Waals surface area contributed by atoms with E-state index in [0.717, 1.165) is 15.6 Å². The molecule has 0 aliphatic heterocycles. The molecule has 0 amide bonds. The lowest BCUT2D eigenvalue weighted by atomic mass is 10.1. The van der Waals surface area contributed by atoms with Crippen molar-refractivity contribution in [3.8, 4) is 11.8 Å². The Labute approximate surface area is 131 Å². The molecule has 2 aromatic rings. The standard InChI is InChI=1S/C16H14BrFN2O/c1-10-4-14(17)6-12(8-20)16(10)21-9-13-5-11(7-19)2-3-15(13)18/h2-6H,8-9,20H2,1H3. The molecule has 0 bridgehead atoms. The summed E-state index contributed by atoms with van der Waals surface area (Å²) in [6, 6.07) is 9.98. The van der Waals surface area contributed by atoms with E-state index in [2.05, 4.69) is 15.9 Å². The molecule has 0 aliphatic rings. The maximum atomic E-state index is 13.7. The Morgan fingerprint density at radius 3 is 2.71 bits per heavy atom. The van der Waals surface area contributed by atoms with Gasteiger partial charge < -0.3 is 10.5 Å². The second-order valence-corrected chi connectivity index (χ2v) is 5.54. The minimum atomic E-state index is -0.391. The first kappa shape index (κ1) is 15.5. The predicted octanol–water partition coefficient (Wildman–Crippen LogP) is 3.81. The van der Waals surface area contributed by atoms with Crippen LogP contribution < -0.4 is 10.5 Å². The van der Waals surface area contributed by atoms with Crippen LogP contribution >= 0.6 is 15.9 Å². The van der Waals surface area contributed by atoms with Crippen molar-refractivity contribution < 1.29 is 9.13 Å². The van der Waals surface area contributed by atoms with Gasteiger partial charge in [0.25, 0.3) is 0 Å². The van der Waals surface area contributed by atoms with Crippen LogP contribution in [0, 0.1) is 24.1 Å². The van der Waals surface area contributed by atoms with Crippen LogP contribution in [-0.4, -0.2) is 0 Å². The summed E-state index contributed by atoms with van der Waals surface area (Å²) in [7, 11) is 0. The smallest absolute Gasteiger partial charge is 0.129 e. The van der Waals surface area contributed by atoms with Gasteiger partial charge in [0.1, 0.15) is 18.2 Å². The zero-order valence-electron chi connectivity index (χ0n) is 11.5. The van der Waals surface area contributed by atoms with Crippen LogP contribution in [0.15, 0.2) is 34.8 Å². The highest BCUT2D eigenvalue weighted by Gasteiger charge is 2.10. The van der Waals surface area contributed by atoms with Gasteiger partial charge in [-0.1, -0.05) is 15.9 Å². The number of hydrogen-bond donors (Lipinski definition) is 1. The SMILES string of the molecule is Cc1cc(Br)cc(CN)c1OCc1cc(C#N)ccc1F. The summed E-state index contributed by atoms with van der Waals surface area (Å²) in [5.41, 5.74) is 8.23. The van der Waals surface area contributed by atoms with Gasteiger partial charge in [-0.05, 0) is 42.8 Å². The van der Waals surface area contributed by atoms with Crippen LogP contribution in [0.1, 0.15) is 22.3 Å². The van der Waals surface area contributed by atoms with E-state index in [1.165, 1.54) is 18.2 Å². The average Bonchev–Trinajstić information content (AvgIpc) is 2.47. The molecule has 3 nitrogen and oxygen atoms in total. The Hall–Kier alpha value is -1.90. The molecule has 0 aliphatic carbocycles. The molecule has 2 N–H and O–H groups in total. The maximum absolute atomic E-state index is 13.7. The molecule has 2 aromatic carbocycles. The summed E-state index contributed by atoms with van der Waals surface area (Å²) in [4.78, 5) is 0. The van der Waals surface area contributed by atoms with Gasteiger partial charge in [0.05, 0.1) is 11.6 Å². The molecule has 0 spiro atoms. The Morgan fingerprint density at radius 1 is 1.29 bits per heavy atom. The van der Waals surface area contributed by atoms with E-state index in [4.69, 9.17) is 15.7 Å². The van der Waals surface area contributed by atoms with Crippen molar-refractivity contribution in [1.29, 1.82) is 5.26 Å². The highest BCUT2D eigenvalue weighted by Crippen LogP contribution is 2.28. The van der Waals surface area contributed by atoms with Crippen LogP contribution in [0.3, 0.4) is 0 Å². The second-order valence-electron chi connectivity index (χ2n) is 4.62. The third kappa shape index (κ3) is 3.60. The van der Waals surface area contributed by atoms with Gasteiger partial charge in [-0.15, -0.1) is 0 Å². The van der Waals surface area contributed by atoms with Crippen molar-refractivity contribution in [2.75, 3.05) is 0 Å². The lowest BCUT2D eigenvalue weighted by Crippen LogP contribution is -2.06.